The summed E-state index contributed by atoms with van der Waals surface area (Å²) >= 11 is 0. The van der Waals surface area contributed by atoms with Crippen molar-refractivity contribution in [3.63, 3.8) is 0 Å². The van der Waals surface area contributed by atoms with Crippen molar-refractivity contribution in [3.8, 4) is 34.3 Å². The van der Waals surface area contributed by atoms with Crippen LogP contribution in [0.2, 0.25) is 0 Å². The van der Waals surface area contributed by atoms with Gasteiger partial charge < -0.3 is 14.0 Å². The lowest BCUT2D eigenvalue weighted by Crippen LogP contribution is -2.08. The Balaban J connectivity index is 1.23. The van der Waals surface area contributed by atoms with Gasteiger partial charge in [0.15, 0.2) is 0 Å². The highest BCUT2D eigenvalue weighted by atomic mass is 16.5. The summed E-state index contributed by atoms with van der Waals surface area (Å²) in [6.07, 6.45) is 0. The van der Waals surface area contributed by atoms with Crippen LogP contribution in [-0.2, 0) is 0 Å². The number of esters is 2. The second kappa shape index (κ2) is 10.3. The highest BCUT2D eigenvalue weighted by Crippen LogP contribution is 2.26. The van der Waals surface area contributed by atoms with Crippen LogP contribution in [0.5, 0.6) is 11.5 Å². The summed E-state index contributed by atoms with van der Waals surface area (Å²) in [7, 11) is 0. The fourth-order valence-corrected chi connectivity index (χ4v) is 3.51. The van der Waals surface area contributed by atoms with E-state index in [2.05, 4.69) is 10.1 Å². The highest BCUT2D eigenvalue weighted by Gasteiger charge is 2.14. The number of ether oxygens (including phenoxy) is 2. The van der Waals surface area contributed by atoms with Gasteiger partial charge in [-0.25, -0.2) is 9.59 Å². The summed E-state index contributed by atoms with van der Waals surface area (Å²) in [4.78, 5) is 29.1. The molecule has 7 heteroatoms. The lowest BCUT2D eigenvalue weighted by Gasteiger charge is -2.05. The molecule has 0 aliphatic rings. The Kier molecular flexibility index (Phi) is 6.59. The van der Waals surface area contributed by atoms with Gasteiger partial charge in [-0.15, -0.1) is 0 Å². The Morgan fingerprint density at radius 3 is 1.49 bits per heavy atom. The second-order valence-electron chi connectivity index (χ2n) is 8.48. The molecule has 182 valence electrons. The standard InChI is InChI=1S/C30H22N2O5/c1-19-3-7-23(8-4-19)29(33)35-25-15-11-21(12-16-25)27-31-28(37-32-27)22-13-17-26(18-14-22)36-30(34)24-9-5-20(2)6-10-24/h3-18H,1-2H3. The number of hydrogen-bond acceptors (Lipinski definition) is 7. The molecule has 0 saturated carbocycles. The van der Waals surface area contributed by atoms with Gasteiger partial charge in [0.2, 0.25) is 5.82 Å². The third-order valence-corrected chi connectivity index (χ3v) is 5.64. The van der Waals surface area contributed by atoms with Gasteiger partial charge >= 0.3 is 11.9 Å². The third kappa shape index (κ3) is 5.62. The summed E-state index contributed by atoms with van der Waals surface area (Å²) in [6, 6.07) is 28.0. The highest BCUT2D eigenvalue weighted by molar-refractivity contribution is 5.91. The monoisotopic (exact) mass is 490 g/mol. The first kappa shape index (κ1) is 23.7. The number of carbonyl (C=O) groups excluding carboxylic acids is 2. The van der Waals surface area contributed by atoms with E-state index in [1.165, 1.54) is 0 Å². The molecule has 0 aliphatic carbocycles. The lowest BCUT2D eigenvalue weighted by atomic mass is 10.1. The zero-order valence-electron chi connectivity index (χ0n) is 20.2. The van der Waals surface area contributed by atoms with Gasteiger partial charge in [0.05, 0.1) is 11.1 Å². The Morgan fingerprint density at radius 2 is 1.03 bits per heavy atom. The summed E-state index contributed by atoms with van der Waals surface area (Å²) in [5, 5.41) is 4.05. The van der Waals surface area contributed by atoms with Gasteiger partial charge in [-0.05, 0) is 86.6 Å². The molecule has 0 aliphatic heterocycles. The largest absolute Gasteiger partial charge is 0.423 e. The number of aryl methyl sites for hydroxylation is 2. The third-order valence-electron chi connectivity index (χ3n) is 5.64. The predicted molar refractivity (Wildman–Crippen MR) is 137 cm³/mol. The molecule has 0 unspecified atom stereocenters. The van der Waals surface area contributed by atoms with Crippen LogP contribution in [-0.4, -0.2) is 22.1 Å². The van der Waals surface area contributed by atoms with Crippen LogP contribution >= 0.6 is 0 Å². The van der Waals surface area contributed by atoms with E-state index in [4.69, 9.17) is 14.0 Å². The number of rotatable bonds is 6. The van der Waals surface area contributed by atoms with Crippen molar-refractivity contribution in [2.24, 2.45) is 0 Å². The lowest BCUT2D eigenvalue weighted by molar-refractivity contribution is 0.0725. The van der Waals surface area contributed by atoms with Crippen LogP contribution < -0.4 is 9.47 Å². The predicted octanol–water partition coefficient (Wildman–Crippen LogP) is 6.46. The molecule has 4 aromatic carbocycles. The second-order valence-corrected chi connectivity index (χ2v) is 8.48. The molecule has 0 N–H and O–H groups in total. The molecule has 0 fully saturated rings. The molecule has 0 atom stereocenters. The van der Waals surface area contributed by atoms with Crippen LogP contribution in [0.1, 0.15) is 31.8 Å². The van der Waals surface area contributed by atoms with Crippen LogP contribution in [0.4, 0.5) is 0 Å². The van der Waals surface area contributed by atoms with Crippen LogP contribution in [0.25, 0.3) is 22.8 Å². The summed E-state index contributed by atoms with van der Waals surface area (Å²) in [5.74, 6) is 0.671. The van der Waals surface area contributed by atoms with E-state index < -0.39 is 11.9 Å². The number of hydrogen-bond donors (Lipinski definition) is 0. The molecule has 5 aromatic rings. The summed E-state index contributed by atoms with van der Waals surface area (Å²) in [5.41, 5.74) is 4.47. The van der Waals surface area contributed by atoms with Gasteiger partial charge in [-0.1, -0.05) is 40.5 Å². The number of benzene rings is 4. The Hall–Kier alpha value is -5.04. The van der Waals surface area contributed by atoms with Crippen molar-refractivity contribution >= 4 is 11.9 Å². The molecular formula is C30H22N2O5. The zero-order valence-corrected chi connectivity index (χ0v) is 20.2. The topological polar surface area (TPSA) is 91.5 Å². The average molecular weight is 491 g/mol. The molecule has 37 heavy (non-hydrogen) atoms. The number of nitrogens with zero attached hydrogens (tertiary/aromatic N) is 2. The number of carbonyl (C=O) groups is 2. The van der Waals surface area contributed by atoms with Crippen molar-refractivity contribution in [1.29, 1.82) is 0 Å². The van der Waals surface area contributed by atoms with Gasteiger partial charge in [0.1, 0.15) is 11.5 Å². The van der Waals surface area contributed by atoms with E-state index in [0.717, 1.165) is 11.1 Å². The van der Waals surface area contributed by atoms with Crippen LogP contribution in [0.3, 0.4) is 0 Å². The van der Waals surface area contributed by atoms with Gasteiger partial charge in [-0.2, -0.15) is 4.98 Å². The normalized spacial score (nSPS) is 10.6. The van der Waals surface area contributed by atoms with E-state index in [9.17, 15) is 9.59 Å². The van der Waals surface area contributed by atoms with Crippen molar-refractivity contribution < 1.29 is 23.6 Å². The Bertz CT molecular complexity index is 1420. The van der Waals surface area contributed by atoms with E-state index in [1.54, 1.807) is 72.8 Å². The van der Waals surface area contributed by atoms with Gasteiger partial charge in [0, 0.05) is 11.1 Å². The maximum atomic E-state index is 12.3. The quantitative estimate of drug-likeness (QED) is 0.199. The van der Waals surface area contributed by atoms with E-state index in [1.807, 2.05) is 38.1 Å². The number of aromatic nitrogens is 2. The van der Waals surface area contributed by atoms with Crippen molar-refractivity contribution in [2.45, 2.75) is 13.8 Å². The Labute approximate surface area is 213 Å². The fourth-order valence-electron chi connectivity index (χ4n) is 3.51. The maximum Gasteiger partial charge on any atom is 0.343 e. The van der Waals surface area contributed by atoms with Gasteiger partial charge in [0.25, 0.3) is 5.89 Å². The average Bonchev–Trinajstić information content (AvgIpc) is 3.41. The SMILES string of the molecule is Cc1ccc(C(=O)Oc2ccc(-c3noc(-c4ccc(OC(=O)c5ccc(C)cc5)cc4)n3)cc2)cc1. The first-order chi connectivity index (χ1) is 17.9. The summed E-state index contributed by atoms with van der Waals surface area (Å²) in [6.45, 7) is 3.91. The molecule has 7 nitrogen and oxygen atoms in total. The van der Waals surface area contributed by atoms with Crippen LogP contribution in [0, 0.1) is 13.8 Å². The van der Waals surface area contributed by atoms with Gasteiger partial charge in [-0.3, -0.25) is 0 Å². The van der Waals surface area contributed by atoms with E-state index >= 15 is 0 Å². The van der Waals surface area contributed by atoms with E-state index in [0.29, 0.717) is 45.5 Å². The molecule has 1 aromatic heterocycles. The molecular weight excluding hydrogens is 468 g/mol. The molecule has 0 spiro atoms. The van der Waals surface area contributed by atoms with Crippen molar-refractivity contribution in [1.82, 2.24) is 10.1 Å². The molecule has 5 rings (SSSR count). The first-order valence-electron chi connectivity index (χ1n) is 11.6. The molecule has 1 heterocycles. The van der Waals surface area contributed by atoms with E-state index in [-0.39, 0.29) is 0 Å². The smallest absolute Gasteiger partial charge is 0.343 e. The van der Waals surface area contributed by atoms with Crippen LogP contribution in [0.15, 0.2) is 102 Å². The fraction of sp³-hybridized carbons (Fsp3) is 0.0667. The molecule has 0 amide bonds. The maximum absolute atomic E-state index is 12.3. The molecule has 0 radical (unpaired) electrons. The Morgan fingerprint density at radius 1 is 0.595 bits per heavy atom. The first-order valence-corrected chi connectivity index (χ1v) is 11.6. The molecule has 0 saturated heterocycles. The van der Waals surface area contributed by atoms with Crippen molar-refractivity contribution in [2.75, 3.05) is 0 Å². The summed E-state index contributed by atoms with van der Waals surface area (Å²) < 4.78 is 16.3. The minimum Gasteiger partial charge on any atom is -0.423 e. The zero-order chi connectivity index (χ0) is 25.8. The minimum absolute atomic E-state index is 0.321. The molecule has 0 bridgehead atoms. The minimum atomic E-state index is -0.430. The van der Waals surface area contributed by atoms with Crippen molar-refractivity contribution in [3.05, 3.63) is 119 Å².